The highest BCUT2D eigenvalue weighted by Gasteiger charge is 2.44. The van der Waals surface area contributed by atoms with Crippen LogP contribution in [0, 0.1) is 17.5 Å². The molecule has 1 fully saturated rings. The molecule has 2 aromatic carbocycles. The predicted octanol–water partition coefficient (Wildman–Crippen LogP) is 4.39. The summed E-state index contributed by atoms with van der Waals surface area (Å²) >= 11 is 0. The first-order chi connectivity index (χ1) is 17.9. The van der Waals surface area contributed by atoms with Gasteiger partial charge in [0.05, 0.1) is 24.5 Å². The summed E-state index contributed by atoms with van der Waals surface area (Å²) in [6.45, 7) is 0. The number of carbonyl (C=O) groups is 1. The summed E-state index contributed by atoms with van der Waals surface area (Å²) in [6.07, 6.45) is 4.29. The number of fused-ring (bicyclic) bond motifs is 4. The molecule has 0 unspecified atom stereocenters. The van der Waals surface area contributed by atoms with Gasteiger partial charge in [-0.25, -0.2) is 22.8 Å². The van der Waals surface area contributed by atoms with E-state index >= 15 is 0 Å². The lowest BCUT2D eigenvalue weighted by Crippen LogP contribution is -2.50. The van der Waals surface area contributed by atoms with Crippen molar-refractivity contribution in [3.63, 3.8) is 0 Å². The molecule has 0 saturated carbocycles. The second-order valence-corrected chi connectivity index (χ2v) is 9.29. The second kappa shape index (κ2) is 8.75. The molecule has 4 heterocycles. The molecule has 190 valence electrons. The van der Waals surface area contributed by atoms with Crippen LogP contribution >= 0.6 is 0 Å². The molecule has 2 aliphatic rings. The van der Waals surface area contributed by atoms with Crippen molar-refractivity contribution >= 4 is 5.91 Å². The number of aromatic nitrogens is 5. The van der Waals surface area contributed by atoms with Gasteiger partial charge in [-0.3, -0.25) is 9.48 Å². The van der Waals surface area contributed by atoms with Crippen LogP contribution in [0.1, 0.15) is 47.2 Å². The fourth-order valence-corrected chi connectivity index (χ4v) is 5.61. The van der Waals surface area contributed by atoms with Crippen LogP contribution in [0.15, 0.2) is 42.7 Å². The maximum atomic E-state index is 14.0. The van der Waals surface area contributed by atoms with Crippen LogP contribution in [0.5, 0.6) is 5.75 Å². The molecule has 2 aliphatic heterocycles. The van der Waals surface area contributed by atoms with E-state index in [1.165, 1.54) is 11.0 Å². The summed E-state index contributed by atoms with van der Waals surface area (Å²) in [5.74, 6) is -3.66. The molecule has 6 rings (SSSR count). The summed E-state index contributed by atoms with van der Waals surface area (Å²) < 4.78 is 50.1. The monoisotopic (exact) mass is 508 g/mol. The van der Waals surface area contributed by atoms with Crippen LogP contribution in [-0.2, 0) is 13.5 Å². The number of nitrogens with zero attached hydrogens (tertiary/aromatic N) is 6. The van der Waals surface area contributed by atoms with E-state index in [0.29, 0.717) is 35.7 Å². The molecule has 2 atom stereocenters. The Balaban J connectivity index is 1.37. The molecular formula is C26H23F3N6O2. The largest absolute Gasteiger partial charge is 0.494 e. The molecule has 0 radical (unpaired) electrons. The fourth-order valence-electron chi connectivity index (χ4n) is 5.61. The van der Waals surface area contributed by atoms with E-state index in [1.807, 2.05) is 18.2 Å². The maximum Gasteiger partial charge on any atom is 0.294 e. The zero-order valence-electron chi connectivity index (χ0n) is 20.2. The van der Waals surface area contributed by atoms with Gasteiger partial charge >= 0.3 is 0 Å². The first-order valence-electron chi connectivity index (χ1n) is 12.0. The van der Waals surface area contributed by atoms with Gasteiger partial charge in [0.25, 0.3) is 5.91 Å². The number of piperidine rings is 1. The van der Waals surface area contributed by atoms with Gasteiger partial charge < -0.3 is 9.64 Å². The van der Waals surface area contributed by atoms with Crippen molar-refractivity contribution in [2.45, 2.75) is 37.8 Å². The number of halogens is 3. The maximum absolute atomic E-state index is 14.0. The Morgan fingerprint density at radius 3 is 2.59 bits per heavy atom. The van der Waals surface area contributed by atoms with Crippen molar-refractivity contribution in [1.29, 1.82) is 0 Å². The van der Waals surface area contributed by atoms with Crippen LogP contribution in [0.2, 0.25) is 0 Å². The number of rotatable bonds is 4. The highest BCUT2D eigenvalue weighted by Crippen LogP contribution is 2.45. The third-order valence-electron chi connectivity index (χ3n) is 7.18. The third-order valence-corrected chi connectivity index (χ3v) is 7.18. The lowest BCUT2D eigenvalue weighted by atomic mass is 9.81. The van der Waals surface area contributed by atoms with E-state index in [0.717, 1.165) is 30.5 Å². The van der Waals surface area contributed by atoms with Crippen LogP contribution in [-0.4, -0.2) is 48.5 Å². The molecule has 8 nitrogen and oxygen atoms in total. The molecular weight excluding hydrogens is 485 g/mol. The van der Waals surface area contributed by atoms with E-state index in [1.54, 1.807) is 29.8 Å². The lowest BCUT2D eigenvalue weighted by Gasteiger charge is -2.44. The Morgan fingerprint density at radius 2 is 1.84 bits per heavy atom. The summed E-state index contributed by atoms with van der Waals surface area (Å²) in [4.78, 5) is 19.8. The lowest BCUT2D eigenvalue weighted by molar-refractivity contribution is 0.0379. The Kier molecular flexibility index (Phi) is 5.50. The smallest absolute Gasteiger partial charge is 0.294 e. The number of aryl methyl sites for hydroxylation is 1. The number of benzene rings is 2. The number of methoxy groups -OCH3 is 1. The van der Waals surface area contributed by atoms with Gasteiger partial charge in [0.1, 0.15) is 17.8 Å². The first kappa shape index (κ1) is 23.3. The third kappa shape index (κ3) is 3.68. The van der Waals surface area contributed by atoms with Gasteiger partial charge in [-0.05, 0) is 49.9 Å². The van der Waals surface area contributed by atoms with Crippen molar-refractivity contribution < 1.29 is 22.7 Å². The first-order valence-corrected chi connectivity index (χ1v) is 12.0. The number of hydrogen-bond acceptors (Lipinski definition) is 5. The van der Waals surface area contributed by atoms with Gasteiger partial charge in [0, 0.05) is 24.2 Å². The molecule has 11 heteroatoms. The van der Waals surface area contributed by atoms with E-state index in [-0.39, 0.29) is 29.4 Å². The zero-order chi connectivity index (χ0) is 25.8. The van der Waals surface area contributed by atoms with Crippen molar-refractivity contribution in [2.75, 3.05) is 7.11 Å². The van der Waals surface area contributed by atoms with Gasteiger partial charge in [-0.1, -0.05) is 12.1 Å². The number of hydrogen-bond donors (Lipinski definition) is 0. The topological polar surface area (TPSA) is 78.1 Å². The number of ether oxygens (including phenoxy) is 1. The standard InChI is InChI=1S/C26H23F3N6O2/c1-33-24(14-10-17(27)22(29)18(28)11-14)16-12-15-6-5-8-20(23(16)31-33)35(15)26(36)25-30-13-34(32-25)19-7-3-4-9-21(19)37-2/h3-4,7,9-11,13,15,20H,5-6,8,12H2,1-2H3/t15-,20+/m0/s1. The predicted molar refractivity (Wildman–Crippen MR) is 127 cm³/mol. The minimum Gasteiger partial charge on any atom is -0.494 e. The van der Waals surface area contributed by atoms with Crippen molar-refractivity contribution in [3.8, 4) is 22.7 Å². The van der Waals surface area contributed by atoms with E-state index in [9.17, 15) is 18.0 Å². The van der Waals surface area contributed by atoms with Crippen LogP contribution < -0.4 is 4.74 Å². The summed E-state index contributed by atoms with van der Waals surface area (Å²) in [5, 5.41) is 9.09. The van der Waals surface area contributed by atoms with Crippen molar-refractivity contribution in [3.05, 3.63) is 77.3 Å². The molecule has 1 amide bonds. The van der Waals surface area contributed by atoms with Crippen molar-refractivity contribution in [1.82, 2.24) is 29.4 Å². The quantitative estimate of drug-likeness (QED) is 0.382. The highest BCUT2D eigenvalue weighted by atomic mass is 19.2. The molecule has 0 aliphatic carbocycles. The summed E-state index contributed by atoms with van der Waals surface area (Å²) in [7, 11) is 3.24. The summed E-state index contributed by atoms with van der Waals surface area (Å²) in [6, 6.07) is 8.78. The molecule has 0 spiro atoms. The Bertz CT molecular complexity index is 1510. The molecule has 4 aromatic rings. The van der Waals surface area contributed by atoms with E-state index < -0.39 is 17.5 Å². The average molecular weight is 509 g/mol. The van der Waals surface area contributed by atoms with Gasteiger partial charge in [0.2, 0.25) is 5.82 Å². The van der Waals surface area contributed by atoms with Crippen LogP contribution in [0.4, 0.5) is 13.2 Å². The number of para-hydroxylation sites is 2. The number of carbonyl (C=O) groups excluding carboxylic acids is 1. The minimum atomic E-state index is -1.51. The molecule has 0 N–H and O–H groups in total. The fraction of sp³-hybridized carbons (Fsp3) is 0.308. The molecule has 37 heavy (non-hydrogen) atoms. The Labute approximate surface area is 210 Å². The van der Waals surface area contributed by atoms with Gasteiger partial charge in [-0.15, -0.1) is 5.10 Å². The van der Waals surface area contributed by atoms with Gasteiger partial charge in [-0.2, -0.15) is 5.10 Å². The Hall–Kier alpha value is -4.15. The summed E-state index contributed by atoms with van der Waals surface area (Å²) in [5.41, 5.74) is 2.89. The molecule has 2 bridgehead atoms. The number of amides is 1. The SMILES string of the molecule is COc1ccccc1-n1cnc(C(=O)N2[C@H]3CCC[C@@H]2c2nn(C)c(-c4cc(F)c(F)c(F)c4)c2C3)n1. The average Bonchev–Trinajstić information content (AvgIpc) is 3.51. The zero-order valence-corrected chi connectivity index (χ0v) is 20.2. The molecule has 2 aromatic heterocycles. The normalized spacial score (nSPS) is 18.6. The van der Waals surface area contributed by atoms with Crippen molar-refractivity contribution in [2.24, 2.45) is 7.05 Å². The highest BCUT2D eigenvalue weighted by molar-refractivity contribution is 5.91. The molecule has 1 saturated heterocycles. The van der Waals surface area contributed by atoms with E-state index in [2.05, 4.69) is 15.2 Å². The van der Waals surface area contributed by atoms with Crippen LogP contribution in [0.3, 0.4) is 0 Å². The second-order valence-electron chi connectivity index (χ2n) is 9.29. The minimum absolute atomic E-state index is 0.0603. The van der Waals surface area contributed by atoms with Gasteiger partial charge in [0.15, 0.2) is 17.5 Å². The Morgan fingerprint density at radius 1 is 1.08 bits per heavy atom. The van der Waals surface area contributed by atoms with Crippen LogP contribution in [0.25, 0.3) is 16.9 Å². The van der Waals surface area contributed by atoms with E-state index in [4.69, 9.17) is 4.74 Å².